The van der Waals surface area contributed by atoms with Crippen molar-refractivity contribution in [2.75, 3.05) is 4.31 Å². The summed E-state index contributed by atoms with van der Waals surface area (Å²) in [6.07, 6.45) is -4.80. The maximum absolute atomic E-state index is 13.7. The van der Waals surface area contributed by atoms with Crippen LogP contribution in [0, 0.1) is 5.92 Å². The molecule has 0 aliphatic heterocycles. The summed E-state index contributed by atoms with van der Waals surface area (Å²) < 4.78 is 66.2. The molecule has 2 rings (SSSR count). The summed E-state index contributed by atoms with van der Waals surface area (Å²) in [5.41, 5.74) is 4.62. The molecule has 0 spiro atoms. The average molecular weight is 400 g/mol. The Balaban J connectivity index is 2.73. The Bertz CT molecular complexity index is 927. The van der Waals surface area contributed by atoms with E-state index in [0.29, 0.717) is 12.0 Å². The van der Waals surface area contributed by atoms with Gasteiger partial charge in [0.05, 0.1) is 11.3 Å². The molecule has 0 unspecified atom stereocenters. The van der Waals surface area contributed by atoms with Crippen molar-refractivity contribution < 1.29 is 26.4 Å². The molecule has 5 nitrogen and oxygen atoms in total. The molecule has 27 heavy (non-hydrogen) atoms. The third-order valence-electron chi connectivity index (χ3n) is 3.69. The van der Waals surface area contributed by atoms with E-state index in [4.69, 9.17) is 5.73 Å². The maximum atomic E-state index is 13.7. The normalized spacial score (nSPS) is 12.2. The Morgan fingerprint density at radius 3 is 2.19 bits per heavy atom. The second-order valence-corrected chi connectivity index (χ2v) is 8.12. The Hall–Kier alpha value is -2.55. The quantitative estimate of drug-likeness (QED) is 0.751. The van der Waals surface area contributed by atoms with Gasteiger partial charge in [-0.2, -0.15) is 4.31 Å². The largest absolute Gasteiger partial charge is 0.498 e. The standard InChI is InChI=1S/C18H19F3N2O3S/c1-12(2)10-13-8-9-15(17(22)24)16(11-13)27(25,26)23(18(19,20)21)14-6-4-3-5-7-14/h3-9,11-12H,10H2,1-2H3,(H2,22,24). The number of sulfonamides is 1. The molecule has 2 aromatic carbocycles. The predicted molar refractivity (Wildman–Crippen MR) is 95.7 cm³/mol. The van der Waals surface area contributed by atoms with Crippen molar-refractivity contribution in [3.8, 4) is 0 Å². The molecule has 0 aliphatic rings. The zero-order valence-electron chi connectivity index (χ0n) is 14.7. The molecule has 0 saturated carbocycles. The topological polar surface area (TPSA) is 80.5 Å². The zero-order chi connectivity index (χ0) is 20.4. The van der Waals surface area contributed by atoms with Crippen LogP contribution >= 0.6 is 0 Å². The summed E-state index contributed by atoms with van der Waals surface area (Å²) in [5.74, 6) is -0.993. The summed E-state index contributed by atoms with van der Waals surface area (Å²) in [7, 11) is -5.14. The molecular weight excluding hydrogens is 381 g/mol. The Labute approximate surface area is 155 Å². The lowest BCUT2D eigenvalue weighted by atomic mass is 10.0. The number of para-hydroxylation sites is 1. The first-order chi connectivity index (χ1) is 12.4. The molecule has 2 aromatic rings. The number of nitrogens with zero attached hydrogens (tertiary/aromatic N) is 1. The van der Waals surface area contributed by atoms with E-state index in [2.05, 4.69) is 0 Å². The number of alkyl halides is 3. The fraction of sp³-hybridized carbons (Fsp3) is 0.278. The molecular formula is C18H19F3N2O3S. The second kappa shape index (κ2) is 7.59. The van der Waals surface area contributed by atoms with Gasteiger partial charge in [0.15, 0.2) is 0 Å². The van der Waals surface area contributed by atoms with E-state index in [9.17, 15) is 26.4 Å². The SMILES string of the molecule is CC(C)Cc1ccc(C(N)=O)c(S(=O)(=O)N(c2ccccc2)C(F)(F)F)c1. The summed E-state index contributed by atoms with van der Waals surface area (Å²) in [6.45, 7) is 3.75. The highest BCUT2D eigenvalue weighted by Gasteiger charge is 2.47. The van der Waals surface area contributed by atoms with Crippen molar-refractivity contribution in [3.05, 3.63) is 59.7 Å². The number of rotatable bonds is 6. The van der Waals surface area contributed by atoms with Gasteiger partial charge in [-0.3, -0.25) is 4.79 Å². The van der Waals surface area contributed by atoms with E-state index >= 15 is 0 Å². The van der Waals surface area contributed by atoms with Crippen LogP contribution in [0.15, 0.2) is 53.4 Å². The number of benzene rings is 2. The van der Waals surface area contributed by atoms with Gasteiger partial charge in [0.2, 0.25) is 5.91 Å². The van der Waals surface area contributed by atoms with Crippen molar-refractivity contribution in [3.63, 3.8) is 0 Å². The molecule has 2 N–H and O–H groups in total. The molecule has 0 fully saturated rings. The number of hydrogen-bond donors (Lipinski definition) is 1. The third kappa shape index (κ3) is 4.60. The van der Waals surface area contributed by atoms with E-state index in [1.807, 2.05) is 13.8 Å². The molecule has 0 bridgehead atoms. The summed E-state index contributed by atoms with van der Waals surface area (Å²) in [5, 5.41) is 0. The van der Waals surface area contributed by atoms with Crippen LogP contribution in [0.5, 0.6) is 0 Å². The molecule has 0 heterocycles. The molecule has 1 amide bonds. The van der Waals surface area contributed by atoms with Gasteiger partial charge in [0.1, 0.15) is 4.90 Å². The second-order valence-electron chi connectivity index (χ2n) is 6.37. The Morgan fingerprint density at radius 1 is 1.11 bits per heavy atom. The first-order valence-corrected chi connectivity index (χ1v) is 9.48. The van der Waals surface area contributed by atoms with Crippen molar-refractivity contribution in [2.24, 2.45) is 11.7 Å². The van der Waals surface area contributed by atoms with Gasteiger partial charge >= 0.3 is 6.30 Å². The highest BCUT2D eigenvalue weighted by molar-refractivity contribution is 7.93. The predicted octanol–water partition coefficient (Wildman–Crippen LogP) is 3.70. The lowest BCUT2D eigenvalue weighted by Gasteiger charge is -2.27. The van der Waals surface area contributed by atoms with Gasteiger partial charge < -0.3 is 5.73 Å². The first-order valence-electron chi connectivity index (χ1n) is 8.04. The number of anilines is 1. The van der Waals surface area contributed by atoms with Gasteiger partial charge in [0.25, 0.3) is 10.0 Å². The number of amides is 1. The van der Waals surface area contributed by atoms with Gasteiger partial charge in [0, 0.05) is 0 Å². The number of carbonyl (C=O) groups excluding carboxylic acids is 1. The van der Waals surface area contributed by atoms with Crippen molar-refractivity contribution >= 4 is 21.6 Å². The van der Waals surface area contributed by atoms with E-state index in [-0.39, 0.29) is 5.92 Å². The minimum Gasteiger partial charge on any atom is -0.366 e. The summed E-state index contributed by atoms with van der Waals surface area (Å²) in [4.78, 5) is 10.9. The Kier molecular flexibility index (Phi) is 5.84. The smallest absolute Gasteiger partial charge is 0.366 e. The minimum absolute atomic E-state index is 0.132. The maximum Gasteiger partial charge on any atom is 0.498 e. The van der Waals surface area contributed by atoms with E-state index in [1.54, 1.807) is 0 Å². The van der Waals surface area contributed by atoms with Gasteiger partial charge in [-0.25, -0.2) is 8.42 Å². The lowest BCUT2D eigenvalue weighted by molar-refractivity contribution is -0.115. The van der Waals surface area contributed by atoms with Gasteiger partial charge in [-0.1, -0.05) is 38.1 Å². The van der Waals surface area contributed by atoms with Crippen LogP contribution in [0.3, 0.4) is 0 Å². The molecule has 0 aliphatic carbocycles. The van der Waals surface area contributed by atoms with Gasteiger partial charge in [-0.05, 0) is 42.2 Å². The van der Waals surface area contributed by atoms with Crippen LogP contribution in [0.25, 0.3) is 0 Å². The van der Waals surface area contributed by atoms with Crippen LogP contribution in [0.4, 0.5) is 18.9 Å². The van der Waals surface area contributed by atoms with E-state index in [0.717, 1.165) is 24.3 Å². The lowest BCUT2D eigenvalue weighted by Crippen LogP contribution is -2.43. The zero-order valence-corrected chi connectivity index (χ0v) is 15.5. The number of hydrogen-bond acceptors (Lipinski definition) is 3. The highest BCUT2D eigenvalue weighted by Crippen LogP contribution is 2.36. The minimum atomic E-state index is -5.23. The summed E-state index contributed by atoms with van der Waals surface area (Å²) >= 11 is 0. The van der Waals surface area contributed by atoms with Crippen molar-refractivity contribution in [1.29, 1.82) is 0 Å². The number of nitrogens with two attached hydrogens (primary N) is 1. The fourth-order valence-electron chi connectivity index (χ4n) is 2.67. The van der Waals surface area contributed by atoms with Crippen molar-refractivity contribution in [1.82, 2.24) is 0 Å². The Morgan fingerprint density at radius 2 is 1.70 bits per heavy atom. The monoisotopic (exact) mass is 400 g/mol. The van der Waals surface area contributed by atoms with E-state index in [1.165, 1.54) is 24.3 Å². The van der Waals surface area contributed by atoms with Crippen molar-refractivity contribution in [2.45, 2.75) is 31.5 Å². The van der Waals surface area contributed by atoms with Crippen LogP contribution in [-0.2, 0) is 16.4 Å². The van der Waals surface area contributed by atoms with Crippen LogP contribution in [-0.4, -0.2) is 20.6 Å². The molecule has 0 aromatic heterocycles. The first kappa shape index (κ1) is 20.8. The van der Waals surface area contributed by atoms with E-state index < -0.39 is 42.7 Å². The molecule has 146 valence electrons. The molecule has 0 atom stereocenters. The molecule has 0 saturated heterocycles. The highest BCUT2D eigenvalue weighted by atomic mass is 32.2. The average Bonchev–Trinajstić information content (AvgIpc) is 2.53. The van der Waals surface area contributed by atoms with Crippen LogP contribution in [0.2, 0.25) is 0 Å². The van der Waals surface area contributed by atoms with Crippen LogP contribution in [0.1, 0.15) is 29.8 Å². The van der Waals surface area contributed by atoms with Gasteiger partial charge in [-0.15, -0.1) is 13.2 Å². The number of carbonyl (C=O) groups is 1. The van der Waals surface area contributed by atoms with Crippen LogP contribution < -0.4 is 10.0 Å². The summed E-state index contributed by atoms with van der Waals surface area (Å²) in [6, 6.07) is 9.79. The number of halogens is 3. The number of primary amides is 1. The third-order valence-corrected chi connectivity index (χ3v) is 5.49. The molecule has 0 radical (unpaired) electrons. The fourth-order valence-corrected chi connectivity index (χ4v) is 4.28. The molecule has 9 heteroatoms.